The molecule has 1 aliphatic rings. The molecule has 20 nitrogen and oxygen atoms in total. The van der Waals surface area contributed by atoms with Crippen LogP contribution in [0.2, 0.25) is 0 Å². The number of benzene rings is 1. The monoisotopic (exact) mass is 802 g/mol. The van der Waals surface area contributed by atoms with E-state index >= 15 is 0 Å². The van der Waals surface area contributed by atoms with Crippen molar-refractivity contribution in [2.24, 2.45) is 39.6 Å². The van der Waals surface area contributed by atoms with Crippen molar-refractivity contribution in [2.45, 2.75) is 114 Å². The average Bonchev–Trinajstić information content (AvgIpc) is 3.66. The Hall–Kier alpha value is -5.34. The molecule has 7 atom stereocenters. The summed E-state index contributed by atoms with van der Waals surface area (Å²) in [5.41, 5.74) is 28.4. The molecule has 0 saturated carbocycles. The molecule has 0 unspecified atom stereocenters. The summed E-state index contributed by atoms with van der Waals surface area (Å²) in [4.78, 5) is 98.0. The van der Waals surface area contributed by atoms with Gasteiger partial charge in [0.1, 0.15) is 36.3 Å². The van der Waals surface area contributed by atoms with Crippen molar-refractivity contribution in [2.75, 3.05) is 26.2 Å². The first kappa shape index (κ1) is 47.8. The minimum Gasteiger partial charge on any atom is -0.394 e. The highest BCUT2D eigenvalue weighted by Gasteiger charge is 2.39. The van der Waals surface area contributed by atoms with Gasteiger partial charge < -0.3 is 65.3 Å². The van der Waals surface area contributed by atoms with Gasteiger partial charge in [0.2, 0.25) is 41.4 Å². The fraction of sp³-hybridized carbons (Fsp3) is 0.622. The van der Waals surface area contributed by atoms with Crippen molar-refractivity contribution < 1.29 is 38.7 Å². The summed E-state index contributed by atoms with van der Waals surface area (Å²) in [6.45, 7) is 4.71. The van der Waals surface area contributed by atoms with Gasteiger partial charge in [0.05, 0.1) is 12.6 Å². The molecule has 20 heteroatoms. The number of aliphatic imine (C=N–C) groups is 1. The van der Waals surface area contributed by atoms with Gasteiger partial charge in [-0.1, -0.05) is 44.2 Å². The van der Waals surface area contributed by atoms with Crippen molar-refractivity contribution in [3.63, 3.8) is 0 Å². The lowest BCUT2D eigenvalue weighted by atomic mass is 10.0. The lowest BCUT2D eigenvalue weighted by Gasteiger charge is -2.30. The number of carbonyl (C=O) groups excluding carboxylic acids is 7. The highest BCUT2D eigenvalue weighted by molar-refractivity contribution is 5.97. The first-order valence-electron chi connectivity index (χ1n) is 19.3. The summed E-state index contributed by atoms with van der Waals surface area (Å²) in [6.07, 6.45) is 2.21. The summed E-state index contributed by atoms with van der Waals surface area (Å²) in [7, 11) is 0. The second-order valence-corrected chi connectivity index (χ2v) is 14.5. The highest BCUT2D eigenvalue weighted by atomic mass is 16.3. The maximum Gasteiger partial charge on any atom is 0.245 e. The second kappa shape index (κ2) is 24.3. The predicted octanol–water partition coefficient (Wildman–Crippen LogP) is -3.69. The largest absolute Gasteiger partial charge is 0.394 e. The van der Waals surface area contributed by atoms with Gasteiger partial charge in [0.25, 0.3) is 0 Å². The van der Waals surface area contributed by atoms with Crippen LogP contribution in [0.4, 0.5) is 0 Å². The lowest BCUT2D eigenvalue weighted by molar-refractivity contribution is -0.142. The maximum absolute atomic E-state index is 13.8. The third kappa shape index (κ3) is 16.0. The number of guanidine groups is 1. The predicted molar refractivity (Wildman–Crippen MR) is 212 cm³/mol. The van der Waals surface area contributed by atoms with Gasteiger partial charge in [0.15, 0.2) is 5.96 Å². The normalized spacial score (nSPS) is 16.9. The zero-order valence-corrected chi connectivity index (χ0v) is 33.1. The minimum atomic E-state index is -1.53. The Morgan fingerprint density at radius 2 is 1.39 bits per heavy atom. The Morgan fingerprint density at radius 1 is 0.789 bits per heavy atom. The second-order valence-electron chi connectivity index (χ2n) is 14.5. The Bertz CT molecular complexity index is 1540. The van der Waals surface area contributed by atoms with Crippen LogP contribution in [0.3, 0.4) is 0 Å². The summed E-state index contributed by atoms with van der Waals surface area (Å²) in [5, 5.41) is 23.3. The average molecular weight is 803 g/mol. The number of nitrogens with zero attached hydrogens (tertiary/aromatic N) is 2. The van der Waals surface area contributed by atoms with Gasteiger partial charge in [-0.05, 0) is 69.9 Å². The molecular formula is C37H62N12O8. The van der Waals surface area contributed by atoms with E-state index in [1.807, 2.05) is 0 Å². The molecule has 1 fully saturated rings. The SMILES string of the molecule is CC(C)[C@H](NC(=O)[C@H](Cc1ccccc1)NC(=O)[C@H](CCCCN)NC(=O)[C@H](CO)NC(=O)[C@@H]1CCCN1C(=O)[C@H](CCCN=C(N)N)NC(=O)[C@H](C)N)C(N)=O. The summed E-state index contributed by atoms with van der Waals surface area (Å²) in [5.74, 6) is -5.35. The van der Waals surface area contributed by atoms with Crippen molar-refractivity contribution in [1.29, 1.82) is 0 Å². The number of unbranched alkanes of at least 4 members (excludes halogenated alkanes) is 1. The number of nitrogens with two attached hydrogens (primary N) is 5. The van der Waals surface area contributed by atoms with E-state index in [2.05, 4.69) is 31.6 Å². The number of nitrogens with one attached hydrogen (secondary N) is 5. The van der Waals surface area contributed by atoms with Gasteiger partial charge in [0, 0.05) is 19.5 Å². The van der Waals surface area contributed by atoms with Crippen LogP contribution < -0.4 is 55.3 Å². The summed E-state index contributed by atoms with van der Waals surface area (Å²) < 4.78 is 0. The van der Waals surface area contributed by atoms with Crippen molar-refractivity contribution in [3.8, 4) is 0 Å². The van der Waals surface area contributed by atoms with Crippen LogP contribution in [-0.4, -0.2) is 126 Å². The van der Waals surface area contributed by atoms with Crippen LogP contribution in [0.15, 0.2) is 35.3 Å². The summed E-state index contributed by atoms with van der Waals surface area (Å²) in [6, 6.07) is 0.912. The first-order chi connectivity index (χ1) is 27.0. The Morgan fingerprint density at radius 3 is 1.96 bits per heavy atom. The Labute approximate surface area is 333 Å². The number of rotatable bonds is 24. The van der Waals surface area contributed by atoms with E-state index in [1.165, 1.54) is 11.8 Å². The van der Waals surface area contributed by atoms with E-state index in [0.717, 1.165) is 0 Å². The maximum atomic E-state index is 13.8. The zero-order chi connectivity index (χ0) is 42.7. The molecule has 318 valence electrons. The standard InChI is InChI=1S/C37H62N12O8/c1-21(2)29(30(40)51)48-33(54)26(19-23-11-5-4-6-12-23)46-32(53)24(13-7-8-16-38)44-34(55)27(20-50)47-35(56)28-15-10-18-49(28)36(57)25(45-31(52)22(3)39)14-9-17-43-37(41)42/h4-6,11-12,21-22,24-29,50H,7-10,13-20,38-39H2,1-3H3,(H2,40,51)(H,44,55)(H,45,52)(H,46,53)(H,47,56)(H,48,54)(H4,41,42,43)/t22-,24-,25-,26-,27-,28-,29-/m0/s1. The molecule has 0 aliphatic carbocycles. The molecule has 1 aliphatic heterocycles. The topological polar surface area (TPSA) is 346 Å². The molecule has 57 heavy (non-hydrogen) atoms. The van der Waals surface area contributed by atoms with Crippen molar-refractivity contribution in [3.05, 3.63) is 35.9 Å². The number of amides is 7. The molecule has 2 rings (SSSR count). The number of carbonyl (C=O) groups is 7. The third-order valence-corrected chi connectivity index (χ3v) is 9.39. The zero-order valence-electron chi connectivity index (χ0n) is 33.1. The summed E-state index contributed by atoms with van der Waals surface area (Å²) >= 11 is 0. The number of hydrogen-bond acceptors (Lipinski definition) is 11. The smallest absolute Gasteiger partial charge is 0.245 e. The molecular weight excluding hydrogens is 740 g/mol. The Kier molecular flexibility index (Phi) is 20.4. The molecule has 0 aromatic heterocycles. The van der Waals surface area contributed by atoms with Gasteiger partial charge >= 0.3 is 0 Å². The van der Waals surface area contributed by atoms with Gasteiger partial charge in [-0.3, -0.25) is 38.6 Å². The van der Waals surface area contributed by atoms with Crippen molar-refractivity contribution >= 4 is 47.3 Å². The van der Waals surface area contributed by atoms with Crippen LogP contribution in [0.1, 0.15) is 71.3 Å². The molecule has 1 heterocycles. The van der Waals surface area contributed by atoms with Gasteiger partial charge in [-0.15, -0.1) is 0 Å². The molecule has 1 aromatic carbocycles. The number of hydrogen-bond donors (Lipinski definition) is 11. The number of aliphatic hydroxyl groups excluding tert-OH is 1. The van der Waals surface area contributed by atoms with E-state index in [1.54, 1.807) is 44.2 Å². The molecule has 0 spiro atoms. The molecule has 1 aromatic rings. The van der Waals surface area contributed by atoms with E-state index in [-0.39, 0.29) is 50.7 Å². The lowest BCUT2D eigenvalue weighted by Crippen LogP contribution is -2.60. The number of likely N-dealkylation sites (tertiary alicyclic amines) is 1. The van der Waals surface area contributed by atoms with E-state index < -0.39 is 90.3 Å². The van der Waals surface area contributed by atoms with E-state index in [4.69, 9.17) is 28.7 Å². The van der Waals surface area contributed by atoms with E-state index in [9.17, 15) is 38.7 Å². The fourth-order valence-corrected chi connectivity index (χ4v) is 6.21. The Balaban J connectivity index is 2.25. The van der Waals surface area contributed by atoms with Crippen LogP contribution >= 0.6 is 0 Å². The van der Waals surface area contributed by atoms with Crippen LogP contribution in [0.5, 0.6) is 0 Å². The van der Waals surface area contributed by atoms with Crippen LogP contribution in [-0.2, 0) is 40.0 Å². The van der Waals surface area contributed by atoms with E-state index in [0.29, 0.717) is 37.8 Å². The first-order valence-corrected chi connectivity index (χ1v) is 19.3. The van der Waals surface area contributed by atoms with Gasteiger partial charge in [-0.2, -0.15) is 0 Å². The quantitative estimate of drug-likeness (QED) is 0.0274. The van der Waals surface area contributed by atoms with Crippen molar-refractivity contribution in [1.82, 2.24) is 31.5 Å². The molecule has 0 bridgehead atoms. The number of aliphatic hydroxyl groups is 1. The minimum absolute atomic E-state index is 0.0451. The van der Waals surface area contributed by atoms with Crippen LogP contribution in [0.25, 0.3) is 0 Å². The molecule has 7 amide bonds. The van der Waals surface area contributed by atoms with Crippen LogP contribution in [0, 0.1) is 5.92 Å². The number of primary amides is 1. The third-order valence-electron chi connectivity index (χ3n) is 9.39. The highest BCUT2D eigenvalue weighted by Crippen LogP contribution is 2.20. The molecule has 1 saturated heterocycles. The molecule has 0 radical (unpaired) electrons. The fourth-order valence-electron chi connectivity index (χ4n) is 6.21. The van der Waals surface area contributed by atoms with Gasteiger partial charge in [-0.25, -0.2) is 0 Å². The molecule has 16 N–H and O–H groups in total.